The van der Waals surface area contributed by atoms with Crippen molar-refractivity contribution in [2.24, 2.45) is 14.1 Å². The lowest BCUT2D eigenvalue weighted by atomic mass is 10.0. The van der Waals surface area contributed by atoms with Gasteiger partial charge in [-0.25, -0.2) is 4.79 Å². The summed E-state index contributed by atoms with van der Waals surface area (Å²) >= 11 is 0. The molecule has 2 aromatic rings. The molecule has 114 valence electrons. The Hall–Kier alpha value is -2.81. The van der Waals surface area contributed by atoms with Crippen LogP contribution in [0.4, 0.5) is 0 Å². The minimum absolute atomic E-state index is 0.0449. The highest BCUT2D eigenvalue weighted by molar-refractivity contribution is 5.40. The first-order valence-electron chi connectivity index (χ1n) is 6.84. The molecule has 0 amide bonds. The van der Waals surface area contributed by atoms with Gasteiger partial charge in [-0.3, -0.25) is 13.9 Å². The Bertz CT molecular complexity index is 870. The standard InChI is InChI=1S/C16H17N3O3/c1-10(2)11-6-5-7-12(8-11)22-15-13(9-17)14(20)18(3)16(21)19(15)4/h5-8,10H,1-4H3. The molecule has 1 aromatic carbocycles. The number of nitriles is 1. The van der Waals surface area contributed by atoms with Gasteiger partial charge in [0.05, 0.1) is 0 Å². The molecular weight excluding hydrogens is 282 g/mol. The lowest BCUT2D eigenvalue weighted by Crippen LogP contribution is -2.38. The minimum Gasteiger partial charge on any atom is -0.439 e. The summed E-state index contributed by atoms with van der Waals surface area (Å²) in [7, 11) is 2.79. The highest BCUT2D eigenvalue weighted by atomic mass is 16.5. The van der Waals surface area contributed by atoms with Gasteiger partial charge in [0.1, 0.15) is 11.8 Å². The zero-order chi connectivity index (χ0) is 16.4. The van der Waals surface area contributed by atoms with Crippen molar-refractivity contribution in [3.63, 3.8) is 0 Å². The van der Waals surface area contributed by atoms with E-state index in [0.717, 1.165) is 14.7 Å². The monoisotopic (exact) mass is 299 g/mol. The van der Waals surface area contributed by atoms with E-state index in [1.807, 2.05) is 38.1 Å². The maximum absolute atomic E-state index is 12.0. The van der Waals surface area contributed by atoms with E-state index in [2.05, 4.69) is 0 Å². The van der Waals surface area contributed by atoms with E-state index >= 15 is 0 Å². The number of rotatable bonds is 3. The van der Waals surface area contributed by atoms with E-state index in [0.29, 0.717) is 11.7 Å². The SMILES string of the molecule is CC(C)c1cccc(Oc2c(C#N)c(=O)n(C)c(=O)n2C)c1. The van der Waals surface area contributed by atoms with Crippen molar-refractivity contribution < 1.29 is 4.74 Å². The van der Waals surface area contributed by atoms with Gasteiger partial charge >= 0.3 is 5.69 Å². The molecule has 0 atom stereocenters. The molecule has 6 nitrogen and oxygen atoms in total. The smallest absolute Gasteiger partial charge is 0.333 e. The van der Waals surface area contributed by atoms with Crippen LogP contribution in [-0.2, 0) is 14.1 Å². The molecule has 0 saturated heterocycles. The average molecular weight is 299 g/mol. The molecule has 0 radical (unpaired) electrons. The van der Waals surface area contributed by atoms with Crippen molar-refractivity contribution in [1.29, 1.82) is 5.26 Å². The molecule has 0 unspecified atom stereocenters. The molecule has 0 aliphatic rings. The third-order valence-corrected chi connectivity index (χ3v) is 3.46. The Labute approximate surface area is 127 Å². The molecule has 0 fully saturated rings. The minimum atomic E-state index is -0.666. The van der Waals surface area contributed by atoms with Crippen molar-refractivity contribution >= 4 is 0 Å². The van der Waals surface area contributed by atoms with Gasteiger partial charge in [-0.1, -0.05) is 26.0 Å². The van der Waals surface area contributed by atoms with Crippen LogP contribution in [0.25, 0.3) is 0 Å². The summed E-state index contributed by atoms with van der Waals surface area (Å²) in [4.78, 5) is 24.0. The summed E-state index contributed by atoms with van der Waals surface area (Å²) in [5.41, 5.74) is -0.344. The van der Waals surface area contributed by atoms with Gasteiger partial charge in [-0.15, -0.1) is 0 Å². The predicted molar refractivity (Wildman–Crippen MR) is 82.2 cm³/mol. The second kappa shape index (κ2) is 5.90. The first-order chi connectivity index (χ1) is 10.4. The normalized spacial score (nSPS) is 10.5. The fourth-order valence-electron chi connectivity index (χ4n) is 2.09. The van der Waals surface area contributed by atoms with E-state index in [-0.39, 0.29) is 11.4 Å². The maximum atomic E-state index is 12.0. The lowest BCUT2D eigenvalue weighted by molar-refractivity contribution is 0.420. The first kappa shape index (κ1) is 15.6. The number of nitrogens with zero attached hydrogens (tertiary/aromatic N) is 3. The molecule has 6 heteroatoms. The van der Waals surface area contributed by atoms with Crippen LogP contribution in [0.2, 0.25) is 0 Å². The third kappa shape index (κ3) is 2.66. The van der Waals surface area contributed by atoms with Crippen LogP contribution in [0.1, 0.15) is 30.9 Å². The molecule has 22 heavy (non-hydrogen) atoms. The lowest BCUT2D eigenvalue weighted by Gasteiger charge is -2.14. The molecule has 0 aliphatic carbocycles. The zero-order valence-electron chi connectivity index (χ0n) is 13.0. The van der Waals surface area contributed by atoms with E-state index in [4.69, 9.17) is 4.74 Å². The fourth-order valence-corrected chi connectivity index (χ4v) is 2.09. The van der Waals surface area contributed by atoms with Crippen molar-refractivity contribution in [3.05, 3.63) is 56.2 Å². The van der Waals surface area contributed by atoms with E-state index in [1.54, 1.807) is 6.07 Å². The highest BCUT2D eigenvalue weighted by Crippen LogP contribution is 2.25. The summed E-state index contributed by atoms with van der Waals surface area (Å²) in [6, 6.07) is 9.15. The number of hydrogen-bond donors (Lipinski definition) is 0. The molecule has 0 spiro atoms. The van der Waals surface area contributed by atoms with E-state index < -0.39 is 11.2 Å². The number of aromatic nitrogens is 2. The van der Waals surface area contributed by atoms with E-state index in [1.165, 1.54) is 14.1 Å². The van der Waals surface area contributed by atoms with Crippen LogP contribution in [0, 0.1) is 11.3 Å². The van der Waals surface area contributed by atoms with Crippen LogP contribution in [0.15, 0.2) is 33.9 Å². The molecule has 0 bridgehead atoms. The molecule has 0 aliphatic heterocycles. The quantitative estimate of drug-likeness (QED) is 0.867. The average Bonchev–Trinajstić information content (AvgIpc) is 2.51. The number of benzene rings is 1. The maximum Gasteiger partial charge on any atom is 0.333 e. The largest absolute Gasteiger partial charge is 0.439 e. The van der Waals surface area contributed by atoms with Crippen LogP contribution in [-0.4, -0.2) is 9.13 Å². The Kier molecular flexibility index (Phi) is 4.18. The third-order valence-electron chi connectivity index (χ3n) is 3.46. The Morgan fingerprint density at radius 3 is 2.45 bits per heavy atom. The van der Waals surface area contributed by atoms with Gasteiger partial charge in [-0.05, 0) is 23.6 Å². The summed E-state index contributed by atoms with van der Waals surface area (Å²) in [6.07, 6.45) is 0. The summed E-state index contributed by atoms with van der Waals surface area (Å²) in [6.45, 7) is 4.10. The van der Waals surface area contributed by atoms with Crippen LogP contribution in [0.3, 0.4) is 0 Å². The van der Waals surface area contributed by atoms with Crippen molar-refractivity contribution in [2.75, 3.05) is 0 Å². The Morgan fingerprint density at radius 1 is 1.18 bits per heavy atom. The fraction of sp³-hybridized carbons (Fsp3) is 0.312. The van der Waals surface area contributed by atoms with Gasteiger partial charge in [0.25, 0.3) is 5.56 Å². The second-order valence-electron chi connectivity index (χ2n) is 5.33. The van der Waals surface area contributed by atoms with Crippen molar-refractivity contribution in [1.82, 2.24) is 9.13 Å². The Morgan fingerprint density at radius 2 is 1.86 bits per heavy atom. The van der Waals surface area contributed by atoms with Crippen molar-refractivity contribution in [2.45, 2.75) is 19.8 Å². The van der Waals surface area contributed by atoms with Crippen LogP contribution < -0.4 is 16.0 Å². The first-order valence-corrected chi connectivity index (χ1v) is 6.84. The summed E-state index contributed by atoms with van der Waals surface area (Å²) < 4.78 is 7.71. The Balaban J connectivity index is 2.60. The molecule has 2 rings (SSSR count). The molecular formula is C16H17N3O3. The second-order valence-corrected chi connectivity index (χ2v) is 5.33. The molecule has 1 heterocycles. The van der Waals surface area contributed by atoms with Gasteiger partial charge in [0.15, 0.2) is 5.56 Å². The zero-order valence-corrected chi connectivity index (χ0v) is 13.0. The van der Waals surface area contributed by atoms with Crippen LogP contribution in [0.5, 0.6) is 11.6 Å². The van der Waals surface area contributed by atoms with Gasteiger partial charge in [0, 0.05) is 14.1 Å². The molecule has 1 aromatic heterocycles. The summed E-state index contributed by atoms with van der Waals surface area (Å²) in [5, 5.41) is 9.20. The van der Waals surface area contributed by atoms with Gasteiger partial charge in [-0.2, -0.15) is 5.26 Å². The van der Waals surface area contributed by atoms with Gasteiger partial charge in [0.2, 0.25) is 5.88 Å². The topological polar surface area (TPSA) is 77.0 Å². The number of hydrogen-bond acceptors (Lipinski definition) is 4. The molecule has 0 saturated carbocycles. The van der Waals surface area contributed by atoms with E-state index in [9.17, 15) is 14.9 Å². The summed E-state index contributed by atoms with van der Waals surface area (Å²) in [5.74, 6) is 0.744. The van der Waals surface area contributed by atoms with Crippen LogP contribution >= 0.6 is 0 Å². The van der Waals surface area contributed by atoms with Gasteiger partial charge < -0.3 is 4.74 Å². The molecule has 0 N–H and O–H groups in total. The predicted octanol–water partition coefficient (Wildman–Crippen LogP) is 1.87. The van der Waals surface area contributed by atoms with Crippen molar-refractivity contribution in [3.8, 4) is 17.7 Å². The highest BCUT2D eigenvalue weighted by Gasteiger charge is 2.17. The number of ether oxygens (including phenoxy) is 1.